The van der Waals surface area contributed by atoms with E-state index in [1.165, 1.54) is 0 Å². The molecule has 0 aliphatic rings. The number of carbonyl (C=O) groups is 1. The first-order valence-corrected chi connectivity index (χ1v) is 9.44. The maximum absolute atomic E-state index is 13.2. The van der Waals surface area contributed by atoms with Gasteiger partial charge in [0.2, 0.25) is 0 Å². The van der Waals surface area contributed by atoms with Crippen molar-refractivity contribution in [3.8, 4) is 17.0 Å². The predicted molar refractivity (Wildman–Crippen MR) is 116 cm³/mol. The lowest BCUT2D eigenvalue weighted by atomic mass is 10.0. The minimum Gasteiger partial charge on any atom is -0.420 e. The van der Waals surface area contributed by atoms with Gasteiger partial charge in [-0.3, -0.25) is 4.98 Å². The average Bonchev–Trinajstić information content (AvgIpc) is 2.79. The first kappa shape index (κ1) is 17.1. The molecule has 3 nitrogen and oxygen atoms in total. The van der Waals surface area contributed by atoms with E-state index in [1.807, 2.05) is 97.2 Å². The lowest BCUT2D eigenvalue weighted by Gasteiger charge is -2.13. The van der Waals surface area contributed by atoms with E-state index in [9.17, 15) is 4.79 Å². The van der Waals surface area contributed by atoms with Gasteiger partial charge in [0.05, 0.1) is 5.56 Å². The van der Waals surface area contributed by atoms with Crippen molar-refractivity contribution in [1.29, 1.82) is 0 Å². The lowest BCUT2D eigenvalue weighted by molar-refractivity contribution is 0.0739. The van der Waals surface area contributed by atoms with Crippen LogP contribution in [0.4, 0.5) is 0 Å². The Morgan fingerprint density at radius 1 is 0.655 bits per heavy atom. The van der Waals surface area contributed by atoms with Crippen LogP contribution in [0.15, 0.2) is 103 Å². The Labute approximate surface area is 168 Å². The molecule has 0 spiro atoms. The van der Waals surface area contributed by atoms with E-state index in [0.717, 1.165) is 27.1 Å². The maximum Gasteiger partial charge on any atom is 0.344 e. The number of hydrogen-bond acceptors (Lipinski definition) is 3. The molecule has 3 heteroatoms. The molecule has 4 aromatic carbocycles. The normalized spacial score (nSPS) is 10.9. The zero-order chi connectivity index (χ0) is 19.6. The molecule has 0 saturated heterocycles. The highest BCUT2D eigenvalue weighted by Crippen LogP contribution is 2.35. The maximum atomic E-state index is 13.2. The summed E-state index contributed by atoms with van der Waals surface area (Å²) in [7, 11) is 0. The Hall–Kier alpha value is -3.98. The number of ether oxygens (including phenoxy) is 1. The van der Waals surface area contributed by atoms with Crippen molar-refractivity contribution in [3.05, 3.63) is 109 Å². The van der Waals surface area contributed by atoms with Crippen molar-refractivity contribution in [3.63, 3.8) is 0 Å². The van der Waals surface area contributed by atoms with Crippen LogP contribution in [0.25, 0.3) is 32.8 Å². The van der Waals surface area contributed by atoms with E-state index in [4.69, 9.17) is 4.74 Å². The first-order chi connectivity index (χ1) is 14.3. The van der Waals surface area contributed by atoms with Crippen molar-refractivity contribution >= 4 is 27.5 Å². The van der Waals surface area contributed by atoms with Gasteiger partial charge < -0.3 is 4.74 Å². The third kappa shape index (κ3) is 3.13. The van der Waals surface area contributed by atoms with Gasteiger partial charge in [0.1, 0.15) is 5.69 Å². The minimum atomic E-state index is -0.392. The molecule has 0 fully saturated rings. The molecule has 0 unspecified atom stereocenters. The molecule has 0 atom stereocenters. The van der Waals surface area contributed by atoms with Crippen LogP contribution in [-0.4, -0.2) is 11.0 Å². The standard InChI is InChI=1S/C26H17NO2/c28-26(23-16-8-13-18-9-4-6-14-21(18)23)29-25-22-15-7-5-12-20(22)17-27-24(25)19-10-2-1-3-11-19/h1-17H. The SMILES string of the molecule is O=C(Oc1c(-c2ccccc2)ncc2ccccc12)c1cccc2ccccc12. The average molecular weight is 375 g/mol. The molecule has 5 aromatic rings. The van der Waals surface area contributed by atoms with E-state index in [-0.39, 0.29) is 0 Å². The van der Waals surface area contributed by atoms with Gasteiger partial charge in [-0.25, -0.2) is 4.79 Å². The summed E-state index contributed by atoms with van der Waals surface area (Å²) >= 11 is 0. The van der Waals surface area contributed by atoms with Gasteiger partial charge in [-0.15, -0.1) is 0 Å². The molecule has 0 aliphatic heterocycles. The van der Waals surface area contributed by atoms with Crippen LogP contribution in [0.5, 0.6) is 5.75 Å². The van der Waals surface area contributed by atoms with Gasteiger partial charge >= 0.3 is 5.97 Å². The number of aromatic nitrogens is 1. The van der Waals surface area contributed by atoms with Crippen LogP contribution in [0.1, 0.15) is 10.4 Å². The largest absolute Gasteiger partial charge is 0.420 e. The summed E-state index contributed by atoms with van der Waals surface area (Å²) in [5, 5.41) is 3.65. The Morgan fingerprint density at radius 3 is 2.14 bits per heavy atom. The van der Waals surface area contributed by atoms with Gasteiger partial charge in [0, 0.05) is 22.5 Å². The quantitative estimate of drug-likeness (QED) is 0.349. The van der Waals surface area contributed by atoms with Crippen LogP contribution in [-0.2, 0) is 0 Å². The minimum absolute atomic E-state index is 0.392. The van der Waals surface area contributed by atoms with Crippen molar-refractivity contribution < 1.29 is 9.53 Å². The third-order valence-electron chi connectivity index (χ3n) is 5.00. The van der Waals surface area contributed by atoms with Crippen molar-refractivity contribution in [2.45, 2.75) is 0 Å². The first-order valence-electron chi connectivity index (χ1n) is 9.44. The summed E-state index contributed by atoms with van der Waals surface area (Å²) in [6.07, 6.45) is 1.81. The van der Waals surface area contributed by atoms with Crippen LogP contribution >= 0.6 is 0 Å². The zero-order valence-corrected chi connectivity index (χ0v) is 15.6. The van der Waals surface area contributed by atoms with Crippen molar-refractivity contribution in [2.75, 3.05) is 0 Å². The van der Waals surface area contributed by atoms with Gasteiger partial charge in [0.25, 0.3) is 0 Å². The molecule has 0 amide bonds. The lowest BCUT2D eigenvalue weighted by Crippen LogP contribution is -2.10. The van der Waals surface area contributed by atoms with E-state index in [1.54, 1.807) is 6.07 Å². The second kappa shape index (κ2) is 7.21. The summed E-state index contributed by atoms with van der Waals surface area (Å²) in [6, 6.07) is 31.0. The summed E-state index contributed by atoms with van der Waals surface area (Å²) in [5.41, 5.74) is 2.09. The second-order valence-corrected chi connectivity index (χ2v) is 6.81. The molecule has 138 valence electrons. The number of carbonyl (C=O) groups excluding carboxylic acids is 1. The van der Waals surface area contributed by atoms with E-state index < -0.39 is 5.97 Å². The Bertz CT molecular complexity index is 1340. The molecule has 0 radical (unpaired) electrons. The van der Waals surface area contributed by atoms with Crippen molar-refractivity contribution in [1.82, 2.24) is 4.98 Å². The molecule has 0 aliphatic carbocycles. The summed E-state index contributed by atoms with van der Waals surface area (Å²) < 4.78 is 6.01. The Morgan fingerprint density at radius 2 is 1.31 bits per heavy atom. The second-order valence-electron chi connectivity index (χ2n) is 6.81. The molecule has 1 heterocycles. The van der Waals surface area contributed by atoms with Gasteiger partial charge in [-0.2, -0.15) is 0 Å². The highest BCUT2D eigenvalue weighted by molar-refractivity contribution is 6.06. The topological polar surface area (TPSA) is 39.2 Å². The number of benzene rings is 4. The van der Waals surface area contributed by atoms with Crippen LogP contribution in [0.3, 0.4) is 0 Å². The summed E-state index contributed by atoms with van der Waals surface area (Å²) in [4.78, 5) is 17.8. The number of rotatable bonds is 3. The van der Waals surface area contributed by atoms with E-state index >= 15 is 0 Å². The third-order valence-corrected chi connectivity index (χ3v) is 5.00. The highest BCUT2D eigenvalue weighted by Gasteiger charge is 2.18. The summed E-state index contributed by atoms with van der Waals surface area (Å²) in [6.45, 7) is 0. The molecule has 29 heavy (non-hydrogen) atoms. The Balaban J connectivity index is 1.67. The van der Waals surface area contributed by atoms with Crippen molar-refractivity contribution in [2.24, 2.45) is 0 Å². The molecule has 0 N–H and O–H groups in total. The summed E-state index contributed by atoms with van der Waals surface area (Å²) in [5.74, 6) is 0.0874. The Kier molecular flexibility index (Phi) is 4.26. The van der Waals surface area contributed by atoms with Crippen LogP contribution < -0.4 is 4.74 Å². The molecular formula is C26H17NO2. The molecule has 5 rings (SSSR count). The van der Waals surface area contributed by atoms with Crippen LogP contribution in [0.2, 0.25) is 0 Å². The van der Waals surface area contributed by atoms with E-state index in [0.29, 0.717) is 17.0 Å². The fraction of sp³-hybridized carbons (Fsp3) is 0. The number of fused-ring (bicyclic) bond motifs is 2. The fourth-order valence-corrected chi connectivity index (χ4v) is 3.59. The van der Waals surface area contributed by atoms with Crippen LogP contribution in [0, 0.1) is 0 Å². The molecular weight excluding hydrogens is 358 g/mol. The number of pyridine rings is 1. The predicted octanol–water partition coefficient (Wildman–Crippen LogP) is 6.27. The monoisotopic (exact) mass is 375 g/mol. The highest BCUT2D eigenvalue weighted by atomic mass is 16.5. The van der Waals surface area contributed by atoms with Gasteiger partial charge in [0.15, 0.2) is 5.75 Å². The number of esters is 1. The molecule has 1 aromatic heterocycles. The number of hydrogen-bond donors (Lipinski definition) is 0. The molecule has 0 saturated carbocycles. The zero-order valence-electron chi connectivity index (χ0n) is 15.6. The smallest absolute Gasteiger partial charge is 0.344 e. The molecule has 0 bridgehead atoms. The number of nitrogens with zero attached hydrogens (tertiary/aromatic N) is 1. The van der Waals surface area contributed by atoms with Gasteiger partial charge in [-0.05, 0) is 16.8 Å². The fourth-order valence-electron chi connectivity index (χ4n) is 3.59. The van der Waals surface area contributed by atoms with E-state index in [2.05, 4.69) is 4.98 Å². The van der Waals surface area contributed by atoms with Gasteiger partial charge in [-0.1, -0.05) is 91.0 Å².